The zero-order chi connectivity index (χ0) is 21.7. The van der Waals surface area contributed by atoms with E-state index in [0.717, 1.165) is 19.4 Å². The van der Waals surface area contributed by atoms with Gasteiger partial charge < -0.3 is 19.5 Å². The van der Waals surface area contributed by atoms with E-state index in [1.807, 2.05) is 16.4 Å². The number of imidazole rings is 1. The van der Waals surface area contributed by atoms with Gasteiger partial charge in [0.25, 0.3) is 5.91 Å². The third-order valence-electron chi connectivity index (χ3n) is 6.00. The Morgan fingerprint density at radius 1 is 1.35 bits per heavy atom. The highest BCUT2D eigenvalue weighted by Gasteiger charge is 2.32. The lowest BCUT2D eigenvalue weighted by Gasteiger charge is -2.35. The normalized spacial score (nSPS) is 19.1. The number of halogens is 1. The molecule has 2 fully saturated rings. The second-order valence-corrected chi connectivity index (χ2v) is 8.22. The van der Waals surface area contributed by atoms with E-state index in [0.29, 0.717) is 30.0 Å². The fourth-order valence-electron chi connectivity index (χ4n) is 4.38. The van der Waals surface area contributed by atoms with Crippen molar-refractivity contribution in [2.45, 2.75) is 31.8 Å². The second-order valence-electron chi connectivity index (χ2n) is 8.22. The summed E-state index contributed by atoms with van der Waals surface area (Å²) in [5, 5.41) is 3.50. The summed E-state index contributed by atoms with van der Waals surface area (Å²) in [7, 11) is 1.50. The first-order valence-electron chi connectivity index (χ1n) is 10.5. The Morgan fingerprint density at radius 3 is 2.81 bits per heavy atom. The van der Waals surface area contributed by atoms with Crippen molar-refractivity contribution in [2.24, 2.45) is 0 Å². The molecular formula is C22H24FN5O3. The van der Waals surface area contributed by atoms with Crippen LogP contribution in [0.1, 0.15) is 36.2 Å². The number of fused-ring (bicyclic) bond motifs is 1. The summed E-state index contributed by atoms with van der Waals surface area (Å²) in [5.41, 5.74) is 0.385. The van der Waals surface area contributed by atoms with Crippen LogP contribution in [0.4, 0.5) is 10.1 Å². The number of anilines is 1. The Bertz CT molecular complexity index is 1220. The molecule has 0 bridgehead atoms. The molecule has 0 radical (unpaired) electrons. The van der Waals surface area contributed by atoms with Crippen LogP contribution in [0.2, 0.25) is 0 Å². The van der Waals surface area contributed by atoms with Gasteiger partial charge in [0.05, 0.1) is 18.0 Å². The van der Waals surface area contributed by atoms with Gasteiger partial charge in [-0.05, 0) is 25.8 Å². The number of rotatable bonds is 4. The first kappa shape index (κ1) is 19.7. The molecule has 2 aromatic heterocycles. The molecule has 1 aliphatic heterocycles. The number of carbonyl (C=O) groups excluding carboxylic acids is 1. The van der Waals surface area contributed by atoms with Crippen molar-refractivity contribution in [3.8, 4) is 5.75 Å². The van der Waals surface area contributed by atoms with E-state index in [2.05, 4.69) is 10.3 Å². The van der Waals surface area contributed by atoms with Crippen LogP contribution >= 0.6 is 0 Å². The highest BCUT2D eigenvalue weighted by molar-refractivity contribution is 6.00. The fourth-order valence-corrected chi connectivity index (χ4v) is 4.38. The monoisotopic (exact) mass is 425 g/mol. The van der Waals surface area contributed by atoms with Crippen molar-refractivity contribution in [1.29, 1.82) is 0 Å². The van der Waals surface area contributed by atoms with E-state index in [1.54, 1.807) is 6.20 Å². The molecule has 3 aromatic rings. The predicted octanol–water partition coefficient (Wildman–Crippen LogP) is 2.17. The summed E-state index contributed by atoms with van der Waals surface area (Å²) in [6.45, 7) is 4.04. The minimum atomic E-state index is -0.523. The molecule has 0 amide bonds. The van der Waals surface area contributed by atoms with Gasteiger partial charge in [-0.2, -0.15) is 0 Å². The van der Waals surface area contributed by atoms with Crippen molar-refractivity contribution in [1.82, 2.24) is 19.4 Å². The highest BCUT2D eigenvalue weighted by atomic mass is 19.1. The standard InChI is InChI=1S/C22H24FN5O3/c1-13-10-26(8-6-25-13)19-17(23)9-15-18(21(19)31-2)28(14-3-4-14)11-16(20(15)29)22(30)27-7-5-24-12-27/h5,7,9,11-14,25H,3-4,6,8,10H2,1-2H3. The zero-order valence-electron chi connectivity index (χ0n) is 17.5. The smallest absolute Gasteiger partial charge is 0.268 e. The number of pyridine rings is 1. The predicted molar refractivity (Wildman–Crippen MR) is 115 cm³/mol. The molecule has 1 unspecified atom stereocenters. The van der Waals surface area contributed by atoms with Crippen LogP contribution in [0.5, 0.6) is 5.75 Å². The molecule has 9 heteroatoms. The number of carbonyl (C=O) groups is 1. The largest absolute Gasteiger partial charge is 0.492 e. The molecule has 1 saturated heterocycles. The van der Waals surface area contributed by atoms with Gasteiger partial charge in [-0.3, -0.25) is 14.2 Å². The summed E-state index contributed by atoms with van der Waals surface area (Å²) < 4.78 is 24.3. The van der Waals surface area contributed by atoms with Crippen molar-refractivity contribution in [3.63, 3.8) is 0 Å². The lowest BCUT2D eigenvalue weighted by atomic mass is 10.1. The van der Waals surface area contributed by atoms with Gasteiger partial charge in [-0.1, -0.05) is 0 Å². The first-order chi connectivity index (χ1) is 15.0. The number of nitrogens with one attached hydrogen (secondary N) is 1. The Labute approximate surface area is 178 Å². The van der Waals surface area contributed by atoms with Gasteiger partial charge in [0.1, 0.15) is 17.6 Å². The van der Waals surface area contributed by atoms with Crippen LogP contribution in [0, 0.1) is 5.82 Å². The number of methoxy groups -OCH3 is 1. The molecule has 1 saturated carbocycles. The van der Waals surface area contributed by atoms with Crippen LogP contribution in [0.25, 0.3) is 10.9 Å². The molecule has 1 atom stereocenters. The second kappa shape index (κ2) is 7.49. The highest BCUT2D eigenvalue weighted by Crippen LogP contribution is 2.43. The lowest BCUT2D eigenvalue weighted by Crippen LogP contribution is -2.49. The Kier molecular flexibility index (Phi) is 4.77. The zero-order valence-corrected chi connectivity index (χ0v) is 17.5. The number of aromatic nitrogens is 3. The number of hydrogen-bond donors (Lipinski definition) is 1. The first-order valence-corrected chi connectivity index (χ1v) is 10.5. The summed E-state index contributed by atoms with van der Waals surface area (Å²) in [6.07, 6.45) is 7.76. The van der Waals surface area contributed by atoms with Gasteiger partial charge in [0, 0.05) is 50.3 Å². The van der Waals surface area contributed by atoms with Crippen LogP contribution in [-0.2, 0) is 0 Å². The fraction of sp³-hybridized carbons (Fsp3) is 0.409. The maximum atomic E-state index is 15.4. The molecule has 5 rings (SSSR count). The van der Waals surface area contributed by atoms with Gasteiger partial charge in [-0.25, -0.2) is 9.37 Å². The number of benzene rings is 1. The van der Waals surface area contributed by atoms with Gasteiger partial charge in [-0.15, -0.1) is 0 Å². The third kappa shape index (κ3) is 3.29. The van der Waals surface area contributed by atoms with E-state index >= 15 is 4.39 Å². The molecule has 1 N–H and O–H groups in total. The summed E-state index contributed by atoms with van der Waals surface area (Å²) in [5.74, 6) is -0.668. The van der Waals surface area contributed by atoms with Crippen molar-refractivity contribution >= 4 is 22.5 Å². The average molecular weight is 425 g/mol. The number of nitrogens with zero attached hydrogens (tertiary/aromatic N) is 4. The Hall–Kier alpha value is -3.20. The SMILES string of the molecule is COc1c(N2CCNC(C)C2)c(F)cc2c(=O)c(C(=O)n3ccnc3)cn(C3CC3)c12. The topological polar surface area (TPSA) is 81.4 Å². The van der Waals surface area contributed by atoms with Crippen LogP contribution < -0.4 is 20.4 Å². The Morgan fingerprint density at radius 2 is 2.16 bits per heavy atom. The van der Waals surface area contributed by atoms with E-state index in [4.69, 9.17) is 4.74 Å². The van der Waals surface area contributed by atoms with E-state index in [9.17, 15) is 9.59 Å². The molecule has 0 spiro atoms. The van der Waals surface area contributed by atoms with Crippen molar-refractivity contribution in [2.75, 3.05) is 31.6 Å². The maximum Gasteiger partial charge on any atom is 0.268 e. The van der Waals surface area contributed by atoms with Crippen molar-refractivity contribution < 1.29 is 13.9 Å². The van der Waals surface area contributed by atoms with E-state index < -0.39 is 17.2 Å². The van der Waals surface area contributed by atoms with E-state index in [1.165, 1.54) is 36.5 Å². The third-order valence-corrected chi connectivity index (χ3v) is 6.00. The lowest BCUT2D eigenvalue weighted by molar-refractivity contribution is 0.0958. The molecule has 3 heterocycles. The number of hydrogen-bond acceptors (Lipinski definition) is 6. The van der Waals surface area contributed by atoms with Crippen LogP contribution in [-0.4, -0.2) is 52.8 Å². The number of piperazine rings is 1. The van der Waals surface area contributed by atoms with Crippen molar-refractivity contribution in [3.05, 3.63) is 52.6 Å². The molecular weight excluding hydrogens is 401 g/mol. The van der Waals surface area contributed by atoms with Gasteiger partial charge >= 0.3 is 0 Å². The molecule has 2 aliphatic rings. The molecule has 8 nitrogen and oxygen atoms in total. The maximum absolute atomic E-state index is 15.4. The summed E-state index contributed by atoms with van der Waals surface area (Å²) in [6, 6.07) is 1.60. The quantitative estimate of drug-likeness (QED) is 0.690. The average Bonchev–Trinajstić information content (AvgIpc) is 3.46. The minimum Gasteiger partial charge on any atom is -0.492 e. The summed E-state index contributed by atoms with van der Waals surface area (Å²) >= 11 is 0. The van der Waals surface area contributed by atoms with Crippen LogP contribution in [0.3, 0.4) is 0 Å². The number of ether oxygens (including phenoxy) is 1. The minimum absolute atomic E-state index is 0.0117. The van der Waals surface area contributed by atoms with Gasteiger partial charge in [0.2, 0.25) is 5.43 Å². The van der Waals surface area contributed by atoms with Gasteiger partial charge in [0.15, 0.2) is 11.6 Å². The Balaban J connectivity index is 1.77. The molecule has 1 aliphatic carbocycles. The van der Waals surface area contributed by atoms with E-state index in [-0.39, 0.29) is 23.0 Å². The molecule has 31 heavy (non-hydrogen) atoms. The summed E-state index contributed by atoms with van der Waals surface area (Å²) in [4.78, 5) is 32.1. The van der Waals surface area contributed by atoms with Crippen LogP contribution in [0.15, 0.2) is 35.8 Å². The molecule has 1 aromatic carbocycles. The molecule has 162 valence electrons.